The quantitative estimate of drug-likeness (QED) is 0.746. The summed E-state index contributed by atoms with van der Waals surface area (Å²) in [4.78, 5) is 13.9. The SMILES string of the molecule is NCCN(CC(=O)NC1CC1)Cc1ccccc1. The number of benzene rings is 1. The Kier molecular flexibility index (Phi) is 4.73. The second kappa shape index (κ2) is 6.52. The van der Waals surface area contributed by atoms with E-state index in [9.17, 15) is 4.79 Å². The van der Waals surface area contributed by atoms with Crippen molar-refractivity contribution < 1.29 is 4.79 Å². The molecule has 0 aromatic heterocycles. The highest BCUT2D eigenvalue weighted by molar-refractivity contribution is 5.78. The van der Waals surface area contributed by atoms with Crippen LogP contribution in [0.3, 0.4) is 0 Å². The van der Waals surface area contributed by atoms with E-state index in [-0.39, 0.29) is 5.91 Å². The molecule has 1 aliphatic rings. The second-order valence-corrected chi connectivity index (χ2v) is 4.83. The van der Waals surface area contributed by atoms with Crippen LogP contribution >= 0.6 is 0 Å². The molecule has 0 heterocycles. The third-order valence-electron chi connectivity index (χ3n) is 3.00. The number of carbonyl (C=O) groups excluding carboxylic acids is 1. The Morgan fingerprint density at radius 3 is 2.67 bits per heavy atom. The van der Waals surface area contributed by atoms with E-state index in [1.54, 1.807) is 0 Å². The third-order valence-corrected chi connectivity index (χ3v) is 3.00. The van der Waals surface area contributed by atoms with Gasteiger partial charge >= 0.3 is 0 Å². The van der Waals surface area contributed by atoms with Crippen LogP contribution in [0.2, 0.25) is 0 Å². The van der Waals surface area contributed by atoms with Crippen LogP contribution in [0.5, 0.6) is 0 Å². The molecule has 0 bridgehead atoms. The lowest BCUT2D eigenvalue weighted by Crippen LogP contribution is -2.39. The van der Waals surface area contributed by atoms with Crippen LogP contribution < -0.4 is 11.1 Å². The van der Waals surface area contributed by atoms with E-state index in [1.807, 2.05) is 18.2 Å². The van der Waals surface area contributed by atoms with E-state index >= 15 is 0 Å². The standard InChI is InChI=1S/C14H21N3O/c15-8-9-17(10-12-4-2-1-3-5-12)11-14(18)16-13-6-7-13/h1-5,13H,6-11,15H2,(H,16,18). The minimum atomic E-state index is 0.113. The van der Waals surface area contributed by atoms with Gasteiger partial charge in [-0.1, -0.05) is 30.3 Å². The topological polar surface area (TPSA) is 58.4 Å². The number of hydrogen-bond acceptors (Lipinski definition) is 3. The van der Waals surface area contributed by atoms with E-state index in [1.165, 1.54) is 5.56 Å². The zero-order valence-electron chi connectivity index (χ0n) is 10.6. The fraction of sp³-hybridized carbons (Fsp3) is 0.500. The van der Waals surface area contributed by atoms with Crippen LogP contribution in [0.25, 0.3) is 0 Å². The second-order valence-electron chi connectivity index (χ2n) is 4.83. The summed E-state index contributed by atoms with van der Waals surface area (Å²) in [6.45, 7) is 2.52. The molecule has 0 saturated heterocycles. The average molecular weight is 247 g/mol. The molecule has 4 heteroatoms. The molecule has 1 fully saturated rings. The first-order valence-electron chi connectivity index (χ1n) is 6.53. The fourth-order valence-electron chi connectivity index (χ4n) is 1.94. The zero-order valence-corrected chi connectivity index (χ0v) is 10.6. The molecule has 0 spiro atoms. The van der Waals surface area contributed by atoms with Gasteiger partial charge < -0.3 is 11.1 Å². The molecule has 0 radical (unpaired) electrons. The molecule has 0 atom stereocenters. The van der Waals surface area contributed by atoms with Gasteiger partial charge in [0, 0.05) is 25.7 Å². The smallest absolute Gasteiger partial charge is 0.234 e. The minimum absolute atomic E-state index is 0.113. The van der Waals surface area contributed by atoms with Crippen molar-refractivity contribution in [1.82, 2.24) is 10.2 Å². The molecular formula is C14H21N3O. The molecule has 0 aliphatic heterocycles. The van der Waals surface area contributed by atoms with Crippen LogP contribution in [-0.2, 0) is 11.3 Å². The highest BCUT2D eigenvalue weighted by Gasteiger charge is 2.23. The molecule has 1 saturated carbocycles. The Labute approximate surface area is 108 Å². The van der Waals surface area contributed by atoms with Gasteiger partial charge in [-0.05, 0) is 18.4 Å². The molecule has 4 nitrogen and oxygen atoms in total. The molecule has 18 heavy (non-hydrogen) atoms. The highest BCUT2D eigenvalue weighted by Crippen LogP contribution is 2.18. The van der Waals surface area contributed by atoms with Gasteiger partial charge in [-0.2, -0.15) is 0 Å². The first kappa shape index (κ1) is 13.1. The van der Waals surface area contributed by atoms with Crippen molar-refractivity contribution in [3.05, 3.63) is 35.9 Å². The lowest BCUT2D eigenvalue weighted by molar-refractivity contribution is -0.122. The number of nitrogens with two attached hydrogens (primary N) is 1. The Hall–Kier alpha value is -1.39. The number of hydrogen-bond donors (Lipinski definition) is 2. The number of rotatable bonds is 7. The van der Waals surface area contributed by atoms with Crippen molar-refractivity contribution in [2.24, 2.45) is 5.73 Å². The minimum Gasteiger partial charge on any atom is -0.352 e. The van der Waals surface area contributed by atoms with Gasteiger partial charge in [0.05, 0.1) is 6.54 Å². The maximum absolute atomic E-state index is 11.8. The summed E-state index contributed by atoms with van der Waals surface area (Å²) in [5.41, 5.74) is 6.81. The largest absolute Gasteiger partial charge is 0.352 e. The maximum Gasteiger partial charge on any atom is 0.234 e. The van der Waals surface area contributed by atoms with Crippen LogP contribution in [0.4, 0.5) is 0 Å². The van der Waals surface area contributed by atoms with Crippen LogP contribution in [0.1, 0.15) is 18.4 Å². The summed E-state index contributed by atoms with van der Waals surface area (Å²) >= 11 is 0. The van der Waals surface area contributed by atoms with Gasteiger partial charge in [-0.25, -0.2) is 0 Å². The molecule has 98 valence electrons. The Balaban J connectivity index is 1.84. The van der Waals surface area contributed by atoms with Crippen LogP contribution in [0.15, 0.2) is 30.3 Å². The van der Waals surface area contributed by atoms with Gasteiger partial charge in [0.2, 0.25) is 5.91 Å². The summed E-state index contributed by atoms with van der Waals surface area (Å²) in [5.74, 6) is 0.113. The number of nitrogens with zero attached hydrogens (tertiary/aromatic N) is 1. The predicted octanol–water partition coefficient (Wildman–Crippen LogP) is 0.726. The van der Waals surface area contributed by atoms with Gasteiger partial charge in [-0.15, -0.1) is 0 Å². The lowest BCUT2D eigenvalue weighted by Gasteiger charge is -2.21. The normalized spacial score (nSPS) is 14.8. The van der Waals surface area contributed by atoms with Crippen LogP contribution in [-0.4, -0.2) is 36.5 Å². The molecule has 1 aromatic carbocycles. The summed E-state index contributed by atoms with van der Waals surface area (Å²) in [7, 11) is 0. The van der Waals surface area contributed by atoms with Crippen molar-refractivity contribution >= 4 is 5.91 Å². The Bertz CT molecular complexity index is 376. The molecule has 1 amide bonds. The Morgan fingerprint density at radius 2 is 2.06 bits per heavy atom. The maximum atomic E-state index is 11.8. The number of amides is 1. The van der Waals surface area contributed by atoms with Gasteiger partial charge in [0.15, 0.2) is 0 Å². The van der Waals surface area contributed by atoms with Crippen molar-refractivity contribution in [2.75, 3.05) is 19.6 Å². The van der Waals surface area contributed by atoms with Gasteiger partial charge in [0.25, 0.3) is 0 Å². The Morgan fingerprint density at radius 1 is 1.33 bits per heavy atom. The average Bonchev–Trinajstić information content (AvgIpc) is 3.14. The molecular weight excluding hydrogens is 226 g/mol. The highest BCUT2D eigenvalue weighted by atomic mass is 16.2. The first-order chi connectivity index (χ1) is 8.78. The molecule has 3 N–H and O–H groups in total. The molecule has 1 aromatic rings. The van der Waals surface area contributed by atoms with Crippen molar-refractivity contribution in [3.63, 3.8) is 0 Å². The predicted molar refractivity (Wildman–Crippen MR) is 71.9 cm³/mol. The van der Waals surface area contributed by atoms with E-state index in [2.05, 4.69) is 22.3 Å². The van der Waals surface area contributed by atoms with E-state index in [4.69, 9.17) is 5.73 Å². The van der Waals surface area contributed by atoms with Gasteiger partial charge in [-0.3, -0.25) is 9.69 Å². The van der Waals surface area contributed by atoms with E-state index in [0.29, 0.717) is 19.1 Å². The van der Waals surface area contributed by atoms with Gasteiger partial charge in [0.1, 0.15) is 0 Å². The molecule has 0 unspecified atom stereocenters. The lowest BCUT2D eigenvalue weighted by atomic mass is 10.2. The summed E-state index contributed by atoms with van der Waals surface area (Å²) < 4.78 is 0. The summed E-state index contributed by atoms with van der Waals surface area (Å²) in [5, 5.41) is 3.01. The third kappa shape index (κ3) is 4.47. The summed E-state index contributed by atoms with van der Waals surface area (Å²) in [6, 6.07) is 10.6. The number of carbonyl (C=O) groups is 1. The first-order valence-corrected chi connectivity index (χ1v) is 6.53. The van der Waals surface area contributed by atoms with Crippen molar-refractivity contribution in [2.45, 2.75) is 25.4 Å². The zero-order chi connectivity index (χ0) is 12.8. The summed E-state index contributed by atoms with van der Waals surface area (Å²) in [6.07, 6.45) is 2.25. The fourth-order valence-corrected chi connectivity index (χ4v) is 1.94. The van der Waals surface area contributed by atoms with Crippen molar-refractivity contribution in [3.8, 4) is 0 Å². The van der Waals surface area contributed by atoms with Crippen molar-refractivity contribution in [1.29, 1.82) is 0 Å². The van der Waals surface area contributed by atoms with E-state index in [0.717, 1.165) is 25.9 Å². The van der Waals surface area contributed by atoms with Crippen LogP contribution in [0, 0.1) is 0 Å². The molecule has 2 rings (SSSR count). The monoisotopic (exact) mass is 247 g/mol. The molecule has 1 aliphatic carbocycles. The number of nitrogens with one attached hydrogen (secondary N) is 1. The van der Waals surface area contributed by atoms with E-state index < -0.39 is 0 Å².